The zero-order valence-corrected chi connectivity index (χ0v) is 21.2. The predicted octanol–water partition coefficient (Wildman–Crippen LogP) is 5.98. The highest BCUT2D eigenvalue weighted by molar-refractivity contribution is 7.08. The van der Waals surface area contributed by atoms with E-state index < -0.39 is 35.3 Å². The number of nitrogens with one attached hydrogen (secondary N) is 1. The summed E-state index contributed by atoms with van der Waals surface area (Å²) in [6.07, 6.45) is -3.62. The number of rotatable bonds is 7. The lowest BCUT2D eigenvalue weighted by Crippen LogP contribution is -2.52. The molecule has 1 aliphatic carbocycles. The van der Waals surface area contributed by atoms with Crippen LogP contribution in [0.5, 0.6) is 0 Å². The van der Waals surface area contributed by atoms with Crippen LogP contribution in [0, 0.1) is 0 Å². The average Bonchev–Trinajstić information content (AvgIpc) is 3.38. The third-order valence-electron chi connectivity index (χ3n) is 7.31. The molecule has 2 fully saturated rings. The molecule has 2 aliphatic rings. The molecular weight excluding hydrogens is 516 g/mol. The first-order valence-corrected chi connectivity index (χ1v) is 13.5. The first-order chi connectivity index (χ1) is 17.5. The molecule has 37 heavy (non-hydrogen) atoms. The maximum absolute atomic E-state index is 13.4. The van der Waals surface area contributed by atoms with Gasteiger partial charge in [0.1, 0.15) is 0 Å². The highest BCUT2D eigenvalue weighted by atomic mass is 32.1. The molecule has 1 saturated carbocycles. The first kappa shape index (κ1) is 27.9. The molecule has 1 aromatic heterocycles. The van der Waals surface area contributed by atoms with E-state index in [1.165, 1.54) is 43.4 Å². The Morgan fingerprint density at radius 3 is 2.08 bits per heavy atom. The van der Waals surface area contributed by atoms with Gasteiger partial charge >= 0.3 is 12.4 Å². The highest BCUT2D eigenvalue weighted by Gasteiger charge is 2.38. The maximum atomic E-state index is 13.4. The molecule has 1 N–H and O–H groups in total. The van der Waals surface area contributed by atoms with Crippen LogP contribution >= 0.6 is 11.3 Å². The summed E-state index contributed by atoms with van der Waals surface area (Å²) >= 11 is 1.22. The van der Waals surface area contributed by atoms with Crippen molar-refractivity contribution < 1.29 is 31.1 Å². The summed E-state index contributed by atoms with van der Waals surface area (Å²) in [5.41, 5.74) is -2.84. The largest absolute Gasteiger partial charge is 0.416 e. The van der Waals surface area contributed by atoms with E-state index >= 15 is 0 Å². The van der Waals surface area contributed by atoms with Gasteiger partial charge in [-0.2, -0.15) is 37.7 Å². The van der Waals surface area contributed by atoms with Gasteiger partial charge in [-0.25, -0.2) is 0 Å². The number of benzene rings is 1. The SMILES string of the molecule is O=C(NCCN1CCN(C2CCCCC2)CC1)C(c1ccsc1)c1cc(C(F)(F)F)cc(C(F)(F)F)c1. The number of carbonyl (C=O) groups excluding carboxylic acids is 1. The zero-order chi connectivity index (χ0) is 26.6. The van der Waals surface area contributed by atoms with Gasteiger partial charge in [-0.3, -0.25) is 14.6 Å². The van der Waals surface area contributed by atoms with Crippen LogP contribution in [0.25, 0.3) is 0 Å². The van der Waals surface area contributed by atoms with Crippen molar-refractivity contribution in [1.82, 2.24) is 15.1 Å². The Balaban J connectivity index is 1.42. The summed E-state index contributed by atoms with van der Waals surface area (Å²) in [7, 11) is 0. The monoisotopic (exact) mass is 547 g/mol. The molecule has 1 unspecified atom stereocenters. The van der Waals surface area contributed by atoms with Crippen molar-refractivity contribution in [2.75, 3.05) is 39.3 Å². The molecule has 1 amide bonds. The third kappa shape index (κ3) is 7.26. The number of piperazine rings is 1. The van der Waals surface area contributed by atoms with Gasteiger partial charge in [0.25, 0.3) is 0 Å². The fourth-order valence-electron chi connectivity index (χ4n) is 5.32. The minimum absolute atomic E-state index is 0.0824. The molecular formula is C26H31F6N3OS. The highest BCUT2D eigenvalue weighted by Crippen LogP contribution is 2.39. The fraction of sp³-hybridized carbons (Fsp3) is 0.577. The van der Waals surface area contributed by atoms with Gasteiger partial charge in [0.05, 0.1) is 17.0 Å². The molecule has 11 heteroatoms. The van der Waals surface area contributed by atoms with E-state index in [4.69, 9.17) is 0 Å². The quantitative estimate of drug-likeness (QED) is 0.433. The lowest BCUT2D eigenvalue weighted by Gasteiger charge is -2.40. The lowest BCUT2D eigenvalue weighted by atomic mass is 9.89. The lowest BCUT2D eigenvalue weighted by molar-refractivity contribution is -0.143. The third-order valence-corrected chi connectivity index (χ3v) is 8.01. The van der Waals surface area contributed by atoms with Crippen molar-refractivity contribution in [1.29, 1.82) is 0 Å². The summed E-state index contributed by atoms with van der Waals surface area (Å²) in [6.45, 7) is 4.47. The summed E-state index contributed by atoms with van der Waals surface area (Å²) in [5.74, 6) is -1.90. The van der Waals surface area contributed by atoms with Gasteiger partial charge in [-0.05, 0) is 59.0 Å². The van der Waals surface area contributed by atoms with Crippen molar-refractivity contribution in [3.8, 4) is 0 Å². The number of alkyl halides is 6. The van der Waals surface area contributed by atoms with E-state index in [1.54, 1.807) is 16.8 Å². The van der Waals surface area contributed by atoms with E-state index in [-0.39, 0.29) is 18.2 Å². The number of carbonyl (C=O) groups is 1. The van der Waals surface area contributed by atoms with E-state index in [2.05, 4.69) is 15.1 Å². The molecule has 1 atom stereocenters. The number of hydrogen-bond donors (Lipinski definition) is 1. The molecule has 1 aliphatic heterocycles. The van der Waals surface area contributed by atoms with Crippen LogP contribution in [0.15, 0.2) is 35.0 Å². The van der Waals surface area contributed by atoms with Gasteiger partial charge in [-0.15, -0.1) is 0 Å². The standard InChI is InChI=1S/C26H31F6N3OS/c27-25(28,29)20-14-19(15-21(16-20)26(30,31)32)23(18-6-13-37-17-18)24(36)33-7-8-34-9-11-35(12-10-34)22-4-2-1-3-5-22/h6,13-17,22-23H,1-5,7-12H2,(H,33,36). The molecule has 4 rings (SSSR count). The number of thiophene rings is 1. The van der Waals surface area contributed by atoms with Gasteiger partial charge in [0.15, 0.2) is 0 Å². The van der Waals surface area contributed by atoms with E-state index in [0.717, 1.165) is 26.2 Å². The Kier molecular flexibility index (Phi) is 8.85. The van der Waals surface area contributed by atoms with Gasteiger partial charge in [0, 0.05) is 45.3 Å². The van der Waals surface area contributed by atoms with Crippen molar-refractivity contribution in [2.24, 2.45) is 0 Å². The first-order valence-electron chi connectivity index (χ1n) is 12.6. The predicted molar refractivity (Wildman–Crippen MR) is 131 cm³/mol. The molecule has 0 radical (unpaired) electrons. The Morgan fingerprint density at radius 2 is 1.54 bits per heavy atom. The second-order valence-electron chi connectivity index (χ2n) is 9.79. The molecule has 1 aromatic carbocycles. The van der Waals surface area contributed by atoms with Crippen molar-refractivity contribution in [3.05, 3.63) is 57.3 Å². The van der Waals surface area contributed by atoms with Gasteiger partial charge in [0.2, 0.25) is 5.91 Å². The molecule has 0 bridgehead atoms. The number of halogens is 6. The molecule has 2 heterocycles. The van der Waals surface area contributed by atoms with Crippen molar-refractivity contribution in [2.45, 2.75) is 56.4 Å². The topological polar surface area (TPSA) is 35.6 Å². The fourth-order valence-corrected chi connectivity index (χ4v) is 6.00. The Bertz CT molecular complexity index is 994. The average molecular weight is 548 g/mol. The van der Waals surface area contributed by atoms with E-state index in [9.17, 15) is 31.1 Å². The summed E-state index contributed by atoms with van der Waals surface area (Å²) in [5, 5.41) is 5.97. The number of nitrogens with zero attached hydrogens (tertiary/aromatic N) is 2. The summed E-state index contributed by atoms with van der Waals surface area (Å²) < 4.78 is 80.5. The van der Waals surface area contributed by atoms with E-state index in [1.807, 2.05) is 0 Å². The minimum atomic E-state index is -4.98. The normalized spacial score (nSPS) is 19.6. The molecule has 4 nitrogen and oxygen atoms in total. The van der Waals surface area contributed by atoms with Gasteiger partial charge < -0.3 is 5.32 Å². The van der Waals surface area contributed by atoms with Crippen LogP contribution in [0.4, 0.5) is 26.3 Å². The van der Waals surface area contributed by atoms with Crippen LogP contribution in [0.2, 0.25) is 0 Å². The molecule has 0 spiro atoms. The Hall–Kier alpha value is -2.11. The van der Waals surface area contributed by atoms with Crippen LogP contribution in [0.1, 0.15) is 60.3 Å². The number of hydrogen-bond acceptors (Lipinski definition) is 4. The number of amides is 1. The molecule has 204 valence electrons. The van der Waals surface area contributed by atoms with E-state index in [0.29, 0.717) is 30.3 Å². The van der Waals surface area contributed by atoms with Gasteiger partial charge in [-0.1, -0.05) is 19.3 Å². The Labute approximate surface area is 216 Å². The van der Waals surface area contributed by atoms with Crippen molar-refractivity contribution in [3.63, 3.8) is 0 Å². The second-order valence-corrected chi connectivity index (χ2v) is 10.6. The zero-order valence-electron chi connectivity index (χ0n) is 20.4. The smallest absolute Gasteiger partial charge is 0.354 e. The summed E-state index contributed by atoms with van der Waals surface area (Å²) in [6, 6.07) is 3.56. The van der Waals surface area contributed by atoms with Crippen LogP contribution in [-0.4, -0.2) is 61.0 Å². The van der Waals surface area contributed by atoms with Crippen LogP contribution in [0.3, 0.4) is 0 Å². The Morgan fingerprint density at radius 1 is 0.919 bits per heavy atom. The summed E-state index contributed by atoms with van der Waals surface area (Å²) in [4.78, 5) is 17.9. The van der Waals surface area contributed by atoms with Crippen LogP contribution < -0.4 is 5.32 Å². The maximum Gasteiger partial charge on any atom is 0.416 e. The second kappa shape index (κ2) is 11.7. The van der Waals surface area contributed by atoms with Crippen molar-refractivity contribution >= 4 is 17.2 Å². The van der Waals surface area contributed by atoms with Crippen LogP contribution in [-0.2, 0) is 17.1 Å². The minimum Gasteiger partial charge on any atom is -0.354 e. The molecule has 1 saturated heterocycles. The molecule has 2 aromatic rings.